The van der Waals surface area contributed by atoms with E-state index in [1.54, 1.807) is 6.92 Å². The average Bonchev–Trinajstić information content (AvgIpc) is 3.16. The first kappa shape index (κ1) is 24.8. The van der Waals surface area contributed by atoms with E-state index in [0.717, 1.165) is 51.6 Å². The van der Waals surface area contributed by atoms with Crippen molar-refractivity contribution in [2.75, 3.05) is 31.7 Å². The summed E-state index contributed by atoms with van der Waals surface area (Å²) < 4.78 is 38.7. The van der Waals surface area contributed by atoms with Crippen molar-refractivity contribution >= 4 is 16.7 Å². The van der Waals surface area contributed by atoms with Crippen LogP contribution in [0.3, 0.4) is 0 Å². The second kappa shape index (κ2) is 11.4. The van der Waals surface area contributed by atoms with Crippen LogP contribution in [0, 0.1) is 12.7 Å². The summed E-state index contributed by atoms with van der Waals surface area (Å²) in [6.07, 6.45) is 8.72. The molecule has 34 heavy (non-hydrogen) atoms. The van der Waals surface area contributed by atoms with Gasteiger partial charge in [-0.2, -0.15) is 9.97 Å². The van der Waals surface area contributed by atoms with Gasteiger partial charge in [-0.3, -0.25) is 0 Å². The quantitative estimate of drug-likeness (QED) is 0.657. The van der Waals surface area contributed by atoms with Gasteiger partial charge in [0.2, 0.25) is 5.88 Å². The Morgan fingerprint density at radius 1 is 1.18 bits per heavy atom. The Bertz CT molecular complexity index is 970. The summed E-state index contributed by atoms with van der Waals surface area (Å²) in [7, 11) is 1.49. The molecule has 7 nitrogen and oxygen atoms in total. The van der Waals surface area contributed by atoms with Crippen LogP contribution in [0.1, 0.15) is 70.4 Å². The molecule has 2 aromatic rings. The number of rotatable bonds is 5. The molecule has 0 bridgehead atoms. The van der Waals surface area contributed by atoms with Gasteiger partial charge in [-0.05, 0) is 52.0 Å². The molecule has 9 heteroatoms. The molecule has 2 saturated heterocycles. The molecule has 188 valence electrons. The highest BCUT2D eigenvalue weighted by molar-refractivity contribution is 5.95. The normalized spacial score (nSPS) is 22.7. The van der Waals surface area contributed by atoms with Gasteiger partial charge in [-0.1, -0.05) is 26.2 Å². The lowest BCUT2D eigenvalue weighted by Crippen LogP contribution is -2.38. The summed E-state index contributed by atoms with van der Waals surface area (Å²) in [6, 6.07) is 0.863. The number of pyridine rings is 1. The number of aryl methyl sites for hydroxylation is 1. The largest absolute Gasteiger partial charge is 0.475 e. The fraction of sp³-hybridized carbons (Fsp3) is 0.720. The number of alkyl halides is 1. The SMILES string of the molecule is CCCC(F)CC1CCCN1.COc1nc2c3c(nc(C)c(F)c3n1)OCC1CCCCCN21. The molecular formula is C25H37F2N5O2. The number of hydrogen-bond acceptors (Lipinski definition) is 7. The number of methoxy groups -OCH3 is 1. The molecule has 0 spiro atoms. The molecule has 1 N–H and O–H groups in total. The summed E-state index contributed by atoms with van der Waals surface area (Å²) in [4.78, 5) is 15.2. The first-order valence-electron chi connectivity index (χ1n) is 12.7. The van der Waals surface area contributed by atoms with Gasteiger partial charge < -0.3 is 19.7 Å². The predicted molar refractivity (Wildman–Crippen MR) is 129 cm³/mol. The Morgan fingerprint density at radius 2 is 2.03 bits per heavy atom. The topological polar surface area (TPSA) is 72.4 Å². The van der Waals surface area contributed by atoms with Gasteiger partial charge in [0.1, 0.15) is 29.5 Å². The van der Waals surface area contributed by atoms with Crippen LogP contribution >= 0.6 is 0 Å². The van der Waals surface area contributed by atoms with E-state index < -0.39 is 12.0 Å². The van der Waals surface area contributed by atoms with E-state index in [1.165, 1.54) is 26.4 Å². The van der Waals surface area contributed by atoms with Crippen LogP contribution in [0.4, 0.5) is 14.6 Å². The summed E-state index contributed by atoms with van der Waals surface area (Å²) in [5, 5.41) is 3.86. The number of anilines is 1. The minimum Gasteiger partial charge on any atom is -0.475 e. The highest BCUT2D eigenvalue weighted by atomic mass is 19.1. The second-order valence-electron chi connectivity index (χ2n) is 9.50. The molecule has 0 aliphatic carbocycles. The van der Waals surface area contributed by atoms with Crippen LogP contribution in [0.2, 0.25) is 0 Å². The molecule has 0 amide bonds. The number of hydrogen-bond donors (Lipinski definition) is 1. The fourth-order valence-corrected chi connectivity index (χ4v) is 5.12. The molecule has 2 aromatic heterocycles. The Morgan fingerprint density at radius 3 is 2.76 bits per heavy atom. The van der Waals surface area contributed by atoms with E-state index in [9.17, 15) is 8.78 Å². The molecule has 0 aromatic carbocycles. The molecular weight excluding hydrogens is 440 g/mol. The van der Waals surface area contributed by atoms with E-state index >= 15 is 0 Å². The maximum absolute atomic E-state index is 14.6. The Balaban J connectivity index is 0.000000210. The molecule has 5 rings (SSSR count). The first-order chi connectivity index (χ1) is 16.5. The monoisotopic (exact) mass is 477 g/mol. The number of ether oxygens (including phenoxy) is 2. The van der Waals surface area contributed by atoms with Crippen LogP contribution < -0.4 is 19.7 Å². The number of halogens is 2. The van der Waals surface area contributed by atoms with Gasteiger partial charge in [-0.25, -0.2) is 13.8 Å². The Labute approximate surface area is 200 Å². The maximum Gasteiger partial charge on any atom is 0.318 e. The van der Waals surface area contributed by atoms with Crippen molar-refractivity contribution in [3.8, 4) is 11.9 Å². The van der Waals surface area contributed by atoms with Gasteiger partial charge in [-0.15, -0.1) is 0 Å². The average molecular weight is 478 g/mol. The van der Waals surface area contributed by atoms with Crippen molar-refractivity contribution in [2.24, 2.45) is 0 Å². The molecule has 2 fully saturated rings. The molecule has 0 saturated carbocycles. The van der Waals surface area contributed by atoms with E-state index in [0.29, 0.717) is 29.7 Å². The molecule has 5 heterocycles. The molecule has 0 radical (unpaired) electrons. The lowest BCUT2D eigenvalue weighted by atomic mass is 10.1. The number of nitrogens with zero attached hydrogens (tertiary/aromatic N) is 4. The van der Waals surface area contributed by atoms with Gasteiger partial charge in [0.15, 0.2) is 5.82 Å². The van der Waals surface area contributed by atoms with Gasteiger partial charge >= 0.3 is 6.01 Å². The Hall–Kier alpha value is -2.29. The first-order valence-corrected chi connectivity index (χ1v) is 12.7. The van der Waals surface area contributed by atoms with Crippen LogP contribution in [-0.2, 0) is 0 Å². The van der Waals surface area contributed by atoms with Crippen molar-refractivity contribution < 1.29 is 18.3 Å². The zero-order chi connectivity index (χ0) is 24.1. The Kier molecular flexibility index (Phi) is 8.34. The number of nitrogens with one attached hydrogen (secondary N) is 1. The molecule has 3 aliphatic rings. The van der Waals surface area contributed by atoms with Crippen LogP contribution in [0.15, 0.2) is 0 Å². The van der Waals surface area contributed by atoms with E-state index in [4.69, 9.17) is 9.47 Å². The summed E-state index contributed by atoms with van der Waals surface area (Å²) >= 11 is 0. The fourth-order valence-electron chi connectivity index (χ4n) is 5.12. The van der Waals surface area contributed by atoms with Crippen molar-refractivity contribution in [1.29, 1.82) is 0 Å². The maximum atomic E-state index is 14.6. The molecule has 3 unspecified atom stereocenters. The highest BCUT2D eigenvalue weighted by Crippen LogP contribution is 2.39. The minimum absolute atomic E-state index is 0.174. The predicted octanol–water partition coefficient (Wildman–Crippen LogP) is 4.89. The summed E-state index contributed by atoms with van der Waals surface area (Å²) in [5.41, 5.74) is 0.496. The van der Waals surface area contributed by atoms with Crippen LogP contribution in [0.25, 0.3) is 10.9 Å². The number of aromatic nitrogens is 3. The van der Waals surface area contributed by atoms with Crippen molar-refractivity contribution in [2.45, 2.75) is 89.9 Å². The van der Waals surface area contributed by atoms with E-state index in [-0.39, 0.29) is 23.3 Å². The highest BCUT2D eigenvalue weighted by Gasteiger charge is 2.32. The third-order valence-corrected chi connectivity index (χ3v) is 6.93. The van der Waals surface area contributed by atoms with E-state index in [2.05, 4.69) is 25.2 Å². The smallest absolute Gasteiger partial charge is 0.318 e. The second-order valence-corrected chi connectivity index (χ2v) is 9.50. The molecule has 3 atom stereocenters. The lowest BCUT2D eigenvalue weighted by molar-refractivity contribution is 0.269. The van der Waals surface area contributed by atoms with Gasteiger partial charge in [0.25, 0.3) is 0 Å². The standard InChI is InChI=1S/C16H19FN4O2.C9H18FN/c1-9-12(17)13-11-14(20-16(19-13)22-2)21-7-5-3-4-6-10(21)8-23-15(11)18-9;1-2-4-8(10)7-9-5-3-6-11-9/h10H,3-8H2,1-2H3;8-9,11H,2-7H2,1H3. The van der Waals surface area contributed by atoms with Crippen molar-refractivity contribution in [3.63, 3.8) is 0 Å². The van der Waals surface area contributed by atoms with Crippen LogP contribution in [-0.4, -0.2) is 60.0 Å². The summed E-state index contributed by atoms with van der Waals surface area (Å²) in [5.74, 6) is 0.657. The number of fused-ring (bicyclic) bond motifs is 2. The van der Waals surface area contributed by atoms with E-state index in [1.807, 2.05) is 6.92 Å². The minimum atomic E-state index is -0.574. The third kappa shape index (κ3) is 5.50. The molecule has 3 aliphatic heterocycles. The lowest BCUT2D eigenvalue weighted by Gasteiger charge is -2.28. The van der Waals surface area contributed by atoms with Crippen molar-refractivity contribution in [3.05, 3.63) is 11.5 Å². The van der Waals surface area contributed by atoms with Gasteiger partial charge in [0.05, 0.1) is 18.8 Å². The van der Waals surface area contributed by atoms with Crippen molar-refractivity contribution in [1.82, 2.24) is 20.3 Å². The third-order valence-electron chi connectivity index (χ3n) is 6.93. The summed E-state index contributed by atoms with van der Waals surface area (Å²) in [6.45, 7) is 6.15. The zero-order valence-electron chi connectivity index (χ0n) is 20.6. The zero-order valence-corrected chi connectivity index (χ0v) is 20.6. The van der Waals surface area contributed by atoms with Crippen LogP contribution in [0.5, 0.6) is 11.9 Å². The van der Waals surface area contributed by atoms with Gasteiger partial charge in [0, 0.05) is 12.6 Å².